The minimum atomic E-state index is 0.811. The maximum Gasteiger partial charge on any atom is 0.189 e. The monoisotopic (exact) mass is 208 g/mol. The van der Waals surface area contributed by atoms with Crippen LogP contribution in [0.3, 0.4) is 0 Å². The van der Waals surface area contributed by atoms with Gasteiger partial charge in [-0.1, -0.05) is 11.8 Å². The van der Waals surface area contributed by atoms with Crippen molar-refractivity contribution in [1.29, 1.82) is 0 Å². The summed E-state index contributed by atoms with van der Waals surface area (Å²) in [6, 6.07) is 1.92. The number of hydrogen-bond acceptors (Lipinski definition) is 5. The summed E-state index contributed by atoms with van der Waals surface area (Å²) >= 11 is 1.56. The molecule has 2 heterocycles. The molecule has 0 atom stereocenters. The maximum atomic E-state index is 4.41. The topological polar surface area (TPSA) is 32.3 Å². The SMILES string of the molecule is CSc1nccc(N2C=CN(C)C2)n1. The van der Waals surface area contributed by atoms with Crippen molar-refractivity contribution < 1.29 is 0 Å². The van der Waals surface area contributed by atoms with Crippen LogP contribution in [-0.4, -0.2) is 34.8 Å². The quantitative estimate of drug-likeness (QED) is 0.541. The van der Waals surface area contributed by atoms with Crippen molar-refractivity contribution in [3.63, 3.8) is 0 Å². The van der Waals surface area contributed by atoms with Crippen LogP contribution in [0.25, 0.3) is 0 Å². The van der Waals surface area contributed by atoms with Crippen LogP contribution in [-0.2, 0) is 0 Å². The van der Waals surface area contributed by atoms with Gasteiger partial charge in [-0.15, -0.1) is 0 Å². The lowest BCUT2D eigenvalue weighted by Gasteiger charge is -2.16. The zero-order valence-corrected chi connectivity index (χ0v) is 9.03. The van der Waals surface area contributed by atoms with E-state index in [0.29, 0.717) is 0 Å². The Hall–Kier alpha value is -1.23. The Balaban J connectivity index is 2.20. The fraction of sp³-hybridized carbons (Fsp3) is 0.333. The summed E-state index contributed by atoms with van der Waals surface area (Å²) in [6.07, 6.45) is 7.82. The van der Waals surface area contributed by atoms with Crippen molar-refractivity contribution in [3.8, 4) is 0 Å². The fourth-order valence-corrected chi connectivity index (χ4v) is 1.62. The van der Waals surface area contributed by atoms with Crippen molar-refractivity contribution in [3.05, 3.63) is 24.7 Å². The molecule has 4 nitrogen and oxygen atoms in total. The van der Waals surface area contributed by atoms with E-state index >= 15 is 0 Å². The van der Waals surface area contributed by atoms with Crippen LogP contribution in [0.2, 0.25) is 0 Å². The highest BCUT2D eigenvalue weighted by Crippen LogP contribution is 2.17. The molecule has 0 saturated heterocycles. The van der Waals surface area contributed by atoms with E-state index < -0.39 is 0 Å². The number of thioether (sulfide) groups is 1. The first-order valence-corrected chi connectivity index (χ1v) is 5.54. The Labute approximate surface area is 87.6 Å². The van der Waals surface area contributed by atoms with E-state index in [4.69, 9.17) is 0 Å². The Morgan fingerprint density at radius 2 is 2.29 bits per heavy atom. The molecule has 1 aromatic rings. The molecule has 0 amide bonds. The van der Waals surface area contributed by atoms with Crippen LogP contribution < -0.4 is 4.90 Å². The molecule has 0 aromatic carbocycles. The summed E-state index contributed by atoms with van der Waals surface area (Å²) < 4.78 is 0. The maximum absolute atomic E-state index is 4.41. The molecule has 0 aliphatic carbocycles. The standard InChI is InChI=1S/C9H12N4S/c1-12-5-6-13(7-12)8-3-4-10-9(11-8)14-2/h3-6H,7H2,1-2H3. The average Bonchev–Trinajstić information content (AvgIpc) is 2.65. The van der Waals surface area contributed by atoms with Crippen LogP contribution in [0.15, 0.2) is 29.8 Å². The van der Waals surface area contributed by atoms with Crippen molar-refractivity contribution >= 4 is 17.6 Å². The molecule has 0 spiro atoms. The lowest BCUT2D eigenvalue weighted by Crippen LogP contribution is -2.22. The predicted octanol–water partition coefficient (Wildman–Crippen LogP) is 1.38. The molecule has 5 heteroatoms. The first-order chi connectivity index (χ1) is 6.79. The first kappa shape index (κ1) is 9.33. The van der Waals surface area contributed by atoms with Gasteiger partial charge in [-0.3, -0.25) is 0 Å². The zero-order chi connectivity index (χ0) is 9.97. The third-order valence-electron chi connectivity index (χ3n) is 1.97. The van der Waals surface area contributed by atoms with Gasteiger partial charge in [0.25, 0.3) is 0 Å². The summed E-state index contributed by atoms with van der Waals surface area (Å²) in [6.45, 7) is 0.852. The molecule has 2 rings (SSSR count). The second-order valence-electron chi connectivity index (χ2n) is 3.07. The third kappa shape index (κ3) is 1.82. The Kier molecular flexibility index (Phi) is 2.58. The molecule has 0 unspecified atom stereocenters. The Morgan fingerprint density at radius 1 is 1.43 bits per heavy atom. The van der Waals surface area contributed by atoms with Crippen LogP contribution in [0, 0.1) is 0 Å². The highest BCUT2D eigenvalue weighted by atomic mass is 32.2. The number of hydrogen-bond donors (Lipinski definition) is 0. The molecule has 14 heavy (non-hydrogen) atoms. The molecular formula is C9H12N4S. The lowest BCUT2D eigenvalue weighted by molar-refractivity contribution is 0.494. The van der Waals surface area contributed by atoms with Crippen molar-refractivity contribution in [2.24, 2.45) is 0 Å². The third-order valence-corrected chi connectivity index (χ3v) is 2.53. The van der Waals surface area contributed by atoms with Gasteiger partial charge in [-0.05, 0) is 12.3 Å². The summed E-state index contributed by atoms with van der Waals surface area (Å²) in [4.78, 5) is 12.7. The van der Waals surface area contributed by atoms with Gasteiger partial charge in [-0.25, -0.2) is 9.97 Å². The number of anilines is 1. The van der Waals surface area contributed by atoms with Crippen LogP contribution in [0.5, 0.6) is 0 Å². The van der Waals surface area contributed by atoms with E-state index in [1.54, 1.807) is 18.0 Å². The van der Waals surface area contributed by atoms with Crippen LogP contribution in [0.4, 0.5) is 5.82 Å². The van der Waals surface area contributed by atoms with E-state index in [2.05, 4.69) is 19.8 Å². The Morgan fingerprint density at radius 3 is 2.93 bits per heavy atom. The van der Waals surface area contributed by atoms with Gasteiger partial charge in [-0.2, -0.15) is 0 Å². The largest absolute Gasteiger partial charge is 0.361 e. The van der Waals surface area contributed by atoms with Gasteiger partial charge < -0.3 is 9.80 Å². The predicted molar refractivity (Wildman–Crippen MR) is 58.1 cm³/mol. The van der Waals surface area contributed by atoms with Crippen LogP contribution >= 0.6 is 11.8 Å². The summed E-state index contributed by atoms with van der Waals surface area (Å²) in [5.74, 6) is 0.949. The van der Waals surface area contributed by atoms with Gasteiger partial charge in [0.2, 0.25) is 0 Å². The molecular weight excluding hydrogens is 196 g/mol. The lowest BCUT2D eigenvalue weighted by atomic mass is 10.5. The molecule has 1 aromatic heterocycles. The van der Waals surface area contributed by atoms with E-state index in [0.717, 1.165) is 17.6 Å². The van der Waals surface area contributed by atoms with Gasteiger partial charge in [0.1, 0.15) is 5.82 Å². The van der Waals surface area contributed by atoms with E-state index in [1.165, 1.54) is 0 Å². The van der Waals surface area contributed by atoms with Gasteiger partial charge in [0.05, 0.1) is 6.67 Å². The van der Waals surface area contributed by atoms with Crippen molar-refractivity contribution in [1.82, 2.24) is 14.9 Å². The second kappa shape index (κ2) is 3.88. The van der Waals surface area contributed by atoms with Gasteiger partial charge >= 0.3 is 0 Å². The highest BCUT2D eigenvalue weighted by Gasteiger charge is 2.11. The molecule has 0 radical (unpaired) electrons. The highest BCUT2D eigenvalue weighted by molar-refractivity contribution is 7.98. The zero-order valence-electron chi connectivity index (χ0n) is 8.21. The van der Waals surface area contributed by atoms with Crippen molar-refractivity contribution in [2.75, 3.05) is 24.9 Å². The van der Waals surface area contributed by atoms with Crippen LogP contribution in [0.1, 0.15) is 0 Å². The van der Waals surface area contributed by atoms with E-state index in [-0.39, 0.29) is 0 Å². The molecule has 0 fully saturated rings. The fourth-order valence-electron chi connectivity index (χ4n) is 1.27. The van der Waals surface area contributed by atoms with E-state index in [1.807, 2.05) is 31.8 Å². The number of aromatic nitrogens is 2. The van der Waals surface area contributed by atoms with Gasteiger partial charge in [0, 0.05) is 25.6 Å². The normalized spacial score (nSPS) is 15.3. The Bertz CT molecular complexity index is 352. The number of rotatable bonds is 2. The molecule has 74 valence electrons. The molecule has 0 saturated carbocycles. The second-order valence-corrected chi connectivity index (χ2v) is 3.84. The minimum absolute atomic E-state index is 0.811. The first-order valence-electron chi connectivity index (χ1n) is 4.32. The number of nitrogens with zero attached hydrogens (tertiary/aromatic N) is 4. The summed E-state index contributed by atoms with van der Waals surface area (Å²) in [7, 11) is 2.03. The van der Waals surface area contributed by atoms with E-state index in [9.17, 15) is 0 Å². The summed E-state index contributed by atoms with van der Waals surface area (Å²) in [5.41, 5.74) is 0. The average molecular weight is 208 g/mol. The smallest absolute Gasteiger partial charge is 0.189 e. The molecule has 1 aliphatic rings. The molecule has 0 bridgehead atoms. The minimum Gasteiger partial charge on any atom is -0.361 e. The summed E-state index contributed by atoms with van der Waals surface area (Å²) in [5, 5.41) is 0.811. The molecule has 0 N–H and O–H groups in total. The van der Waals surface area contributed by atoms with Crippen molar-refractivity contribution in [2.45, 2.75) is 5.16 Å². The molecule has 1 aliphatic heterocycles. The van der Waals surface area contributed by atoms with Gasteiger partial charge in [0.15, 0.2) is 5.16 Å².